The molecule has 0 bridgehead atoms. The lowest BCUT2D eigenvalue weighted by molar-refractivity contribution is -0.185. The second-order valence-corrected chi connectivity index (χ2v) is 12.1. The summed E-state index contributed by atoms with van der Waals surface area (Å²) in [4.78, 5) is 24.5. The molecule has 150 valence electrons. The lowest BCUT2D eigenvalue weighted by Gasteiger charge is -2.62. The first-order valence-corrected chi connectivity index (χ1v) is 11.8. The second-order valence-electron chi connectivity index (χ2n) is 12.1. The number of ether oxygens (including phenoxy) is 1. The number of ketones is 1. The van der Waals surface area contributed by atoms with Gasteiger partial charge in [0, 0.05) is 24.2 Å². The van der Waals surface area contributed by atoms with E-state index in [1.165, 1.54) is 24.8 Å². The molecule has 6 aliphatic carbocycles. The van der Waals surface area contributed by atoms with Gasteiger partial charge < -0.3 is 4.74 Å². The van der Waals surface area contributed by atoms with Crippen molar-refractivity contribution in [2.45, 2.75) is 71.3 Å². The fourth-order valence-electron chi connectivity index (χ4n) is 10.4. The molecule has 28 heavy (non-hydrogen) atoms. The normalized spacial score (nSPS) is 62.9. The van der Waals surface area contributed by atoms with Crippen molar-refractivity contribution in [2.24, 2.45) is 58.2 Å². The summed E-state index contributed by atoms with van der Waals surface area (Å²) in [6.45, 7) is 7.49. The van der Waals surface area contributed by atoms with Crippen molar-refractivity contribution in [2.75, 3.05) is 0 Å². The van der Waals surface area contributed by atoms with Crippen LogP contribution in [0.4, 0.5) is 0 Å². The van der Waals surface area contributed by atoms with Crippen molar-refractivity contribution < 1.29 is 14.3 Å². The maximum atomic E-state index is 12.2. The Hall–Kier alpha value is -1.12. The molecule has 3 nitrogen and oxygen atoms in total. The lowest BCUT2D eigenvalue weighted by Crippen LogP contribution is -2.60. The number of hydrogen-bond donors (Lipinski definition) is 0. The fourth-order valence-corrected chi connectivity index (χ4v) is 10.4. The first-order valence-electron chi connectivity index (χ1n) is 11.8. The van der Waals surface area contributed by atoms with Gasteiger partial charge in [0.1, 0.15) is 5.60 Å². The number of esters is 1. The summed E-state index contributed by atoms with van der Waals surface area (Å²) >= 11 is 0. The highest BCUT2D eigenvalue weighted by Crippen LogP contribution is 2.82. The summed E-state index contributed by atoms with van der Waals surface area (Å²) in [5, 5.41) is 0. The van der Waals surface area contributed by atoms with Crippen LogP contribution in [0.3, 0.4) is 0 Å². The van der Waals surface area contributed by atoms with Crippen LogP contribution in [-0.4, -0.2) is 17.4 Å². The lowest BCUT2D eigenvalue weighted by atomic mass is 9.43. The van der Waals surface area contributed by atoms with Gasteiger partial charge in [-0.15, -0.1) is 0 Å². The van der Waals surface area contributed by atoms with Crippen LogP contribution in [0.25, 0.3) is 0 Å². The van der Waals surface area contributed by atoms with Crippen molar-refractivity contribution in [3.8, 4) is 0 Å². The first-order chi connectivity index (χ1) is 13.3. The molecule has 7 aliphatic rings. The summed E-state index contributed by atoms with van der Waals surface area (Å²) < 4.78 is 6.26. The summed E-state index contributed by atoms with van der Waals surface area (Å²) in [6.07, 6.45) is 9.27. The Bertz CT molecular complexity index is 858. The van der Waals surface area contributed by atoms with E-state index in [4.69, 9.17) is 4.74 Å². The number of hydrogen-bond acceptors (Lipinski definition) is 3. The molecule has 11 atom stereocenters. The van der Waals surface area contributed by atoms with Crippen LogP contribution in [0.2, 0.25) is 0 Å². The van der Waals surface area contributed by atoms with Gasteiger partial charge >= 0.3 is 5.97 Å². The fraction of sp³-hybridized carbons (Fsp3) is 0.840. The van der Waals surface area contributed by atoms with E-state index >= 15 is 0 Å². The van der Waals surface area contributed by atoms with E-state index in [0.29, 0.717) is 35.9 Å². The molecule has 1 heterocycles. The minimum absolute atomic E-state index is 0.0539. The molecule has 6 fully saturated rings. The molecule has 5 saturated carbocycles. The van der Waals surface area contributed by atoms with E-state index in [1.807, 2.05) is 0 Å². The standard InChI is InChI=1S/C25H32O3/c1-12-11-24(3)22(16-10-18(16)25(24)7-5-19(27)28-25)20-15-9-14(15)17-8-13(26)4-6-23(17,2)21(12)20/h8,12,14-16,18,20-22H,4-7,9-11H2,1-3H3/t12?,14-,15+,16-,18+,20?,21?,22?,23+,24+,25+/m1/s1. The number of fused-ring (bicyclic) bond motifs is 12. The molecule has 0 N–H and O–H groups in total. The van der Waals surface area contributed by atoms with Gasteiger partial charge in [-0.2, -0.15) is 0 Å². The number of carbonyl (C=O) groups is 2. The number of rotatable bonds is 0. The molecule has 0 radical (unpaired) electrons. The Morgan fingerprint density at radius 3 is 2.61 bits per heavy atom. The minimum Gasteiger partial charge on any atom is -0.458 e. The molecule has 1 spiro atoms. The van der Waals surface area contributed by atoms with E-state index in [1.54, 1.807) is 0 Å². The summed E-state index contributed by atoms with van der Waals surface area (Å²) in [7, 11) is 0. The largest absolute Gasteiger partial charge is 0.458 e. The van der Waals surface area contributed by atoms with Crippen molar-refractivity contribution in [1.82, 2.24) is 0 Å². The highest BCUT2D eigenvalue weighted by Gasteiger charge is 2.81. The van der Waals surface area contributed by atoms with Gasteiger partial charge in [0.15, 0.2) is 5.78 Å². The Kier molecular flexibility index (Phi) is 2.75. The summed E-state index contributed by atoms with van der Waals surface area (Å²) in [5.41, 5.74) is 1.77. The molecule has 0 aromatic carbocycles. The molecular weight excluding hydrogens is 348 g/mol. The predicted molar refractivity (Wildman–Crippen MR) is 104 cm³/mol. The van der Waals surface area contributed by atoms with Crippen LogP contribution in [0.1, 0.15) is 65.7 Å². The zero-order chi connectivity index (χ0) is 19.2. The molecule has 3 heteroatoms. The first kappa shape index (κ1) is 16.7. The molecule has 0 amide bonds. The topological polar surface area (TPSA) is 43.4 Å². The van der Waals surface area contributed by atoms with E-state index in [9.17, 15) is 9.59 Å². The van der Waals surface area contributed by atoms with Crippen LogP contribution in [0, 0.1) is 58.2 Å². The van der Waals surface area contributed by atoms with Crippen LogP contribution < -0.4 is 0 Å². The predicted octanol–water partition coefficient (Wildman–Crippen LogP) is 4.55. The minimum atomic E-state index is -0.150. The van der Waals surface area contributed by atoms with E-state index in [2.05, 4.69) is 26.8 Å². The molecule has 7 rings (SSSR count). The quantitative estimate of drug-likeness (QED) is 0.579. The smallest absolute Gasteiger partial charge is 0.306 e. The van der Waals surface area contributed by atoms with Crippen molar-refractivity contribution in [3.05, 3.63) is 11.6 Å². The van der Waals surface area contributed by atoms with E-state index < -0.39 is 0 Å². The maximum absolute atomic E-state index is 12.2. The van der Waals surface area contributed by atoms with Gasteiger partial charge in [-0.3, -0.25) is 9.59 Å². The highest BCUT2D eigenvalue weighted by molar-refractivity contribution is 5.92. The average Bonchev–Trinajstić information content (AvgIpc) is 3.53. The van der Waals surface area contributed by atoms with E-state index in [0.717, 1.165) is 42.9 Å². The SMILES string of the molecule is CC1C[C@@]2(C)C(C3C1[C@@]1(C)CCC(=O)C=C1[C@@H]1C[C@H]31)[C@@H]1C[C@@H]1[C@@]21CCC(=O)O1. The third-order valence-electron chi connectivity index (χ3n) is 11.1. The Labute approximate surface area is 167 Å². The van der Waals surface area contributed by atoms with Gasteiger partial charge in [-0.25, -0.2) is 0 Å². The van der Waals surface area contributed by atoms with E-state index in [-0.39, 0.29) is 22.4 Å². The zero-order valence-electron chi connectivity index (χ0n) is 17.4. The number of carbonyl (C=O) groups excluding carboxylic acids is 2. The van der Waals surface area contributed by atoms with Crippen molar-refractivity contribution >= 4 is 11.8 Å². The molecule has 1 aliphatic heterocycles. The Morgan fingerprint density at radius 2 is 1.86 bits per heavy atom. The Morgan fingerprint density at radius 1 is 1.04 bits per heavy atom. The number of allylic oxidation sites excluding steroid dienone is 1. The van der Waals surface area contributed by atoms with Gasteiger partial charge in [0.2, 0.25) is 0 Å². The molecule has 4 unspecified atom stereocenters. The van der Waals surface area contributed by atoms with Gasteiger partial charge in [-0.1, -0.05) is 26.3 Å². The summed E-state index contributed by atoms with van der Waals surface area (Å²) in [6, 6.07) is 0. The monoisotopic (exact) mass is 380 g/mol. The van der Waals surface area contributed by atoms with Crippen LogP contribution in [0.15, 0.2) is 11.6 Å². The third-order valence-corrected chi connectivity index (χ3v) is 11.1. The van der Waals surface area contributed by atoms with Gasteiger partial charge in [0.25, 0.3) is 0 Å². The third kappa shape index (κ3) is 1.61. The summed E-state index contributed by atoms with van der Waals surface area (Å²) in [5.74, 6) is 6.17. The van der Waals surface area contributed by atoms with Gasteiger partial charge in [-0.05, 0) is 85.0 Å². The Balaban J connectivity index is 1.36. The second kappa shape index (κ2) is 4.62. The highest BCUT2D eigenvalue weighted by atomic mass is 16.6. The van der Waals surface area contributed by atoms with Crippen LogP contribution >= 0.6 is 0 Å². The molecular formula is C25H32O3. The van der Waals surface area contributed by atoms with Crippen molar-refractivity contribution in [1.29, 1.82) is 0 Å². The zero-order valence-corrected chi connectivity index (χ0v) is 17.4. The molecule has 0 aromatic heterocycles. The van der Waals surface area contributed by atoms with Crippen LogP contribution in [-0.2, 0) is 14.3 Å². The van der Waals surface area contributed by atoms with Crippen molar-refractivity contribution in [3.63, 3.8) is 0 Å². The molecule has 1 saturated heterocycles. The maximum Gasteiger partial charge on any atom is 0.306 e. The molecule has 0 aromatic rings. The van der Waals surface area contributed by atoms with Crippen LogP contribution in [0.5, 0.6) is 0 Å². The average molecular weight is 381 g/mol. The van der Waals surface area contributed by atoms with Gasteiger partial charge in [0.05, 0.1) is 0 Å².